The monoisotopic (exact) mass is 293 g/mol. The van der Waals surface area contributed by atoms with Crippen molar-refractivity contribution >= 4 is 23.6 Å². The van der Waals surface area contributed by atoms with Crippen molar-refractivity contribution in [2.24, 2.45) is 11.8 Å². The van der Waals surface area contributed by atoms with E-state index in [1.54, 1.807) is 4.90 Å². The predicted octanol–water partition coefficient (Wildman–Crippen LogP) is -0.882. The molecule has 1 saturated carbocycles. The van der Waals surface area contributed by atoms with Gasteiger partial charge < -0.3 is 10.2 Å². The summed E-state index contributed by atoms with van der Waals surface area (Å²) in [5.41, 5.74) is 0. The third kappa shape index (κ3) is 2.64. The summed E-state index contributed by atoms with van der Waals surface area (Å²) in [6.07, 6.45) is 2.30. The van der Waals surface area contributed by atoms with E-state index in [4.69, 9.17) is 0 Å². The van der Waals surface area contributed by atoms with Gasteiger partial charge in [-0.3, -0.25) is 24.1 Å². The number of rotatable bonds is 3. The summed E-state index contributed by atoms with van der Waals surface area (Å²) in [6.45, 7) is 2.35. The Kier molecular flexibility index (Phi) is 3.43. The van der Waals surface area contributed by atoms with Crippen LogP contribution in [0.4, 0.5) is 0 Å². The molecular weight excluding hydrogens is 274 g/mol. The lowest BCUT2D eigenvalue weighted by molar-refractivity contribution is -0.148. The van der Waals surface area contributed by atoms with E-state index in [1.807, 2.05) is 0 Å². The molecule has 114 valence electrons. The van der Waals surface area contributed by atoms with Crippen molar-refractivity contribution < 1.29 is 19.2 Å². The van der Waals surface area contributed by atoms with Crippen LogP contribution in [0.1, 0.15) is 26.2 Å². The van der Waals surface area contributed by atoms with Gasteiger partial charge in [-0.25, -0.2) is 0 Å². The number of fused-ring (bicyclic) bond motifs is 1. The smallest absolute Gasteiger partial charge is 0.242 e. The van der Waals surface area contributed by atoms with Crippen LogP contribution in [-0.4, -0.2) is 59.1 Å². The maximum Gasteiger partial charge on any atom is 0.242 e. The summed E-state index contributed by atoms with van der Waals surface area (Å²) in [4.78, 5) is 49.8. The Morgan fingerprint density at radius 1 is 1.24 bits per heavy atom. The van der Waals surface area contributed by atoms with Crippen molar-refractivity contribution in [3.63, 3.8) is 0 Å². The molecule has 3 atom stereocenters. The second kappa shape index (κ2) is 5.13. The van der Waals surface area contributed by atoms with Gasteiger partial charge in [0.25, 0.3) is 0 Å². The van der Waals surface area contributed by atoms with Gasteiger partial charge in [0.15, 0.2) is 0 Å². The molecule has 2 aliphatic heterocycles. The fourth-order valence-electron chi connectivity index (χ4n) is 3.25. The van der Waals surface area contributed by atoms with E-state index in [1.165, 1.54) is 6.92 Å². The van der Waals surface area contributed by atoms with Gasteiger partial charge in [-0.2, -0.15) is 0 Å². The van der Waals surface area contributed by atoms with E-state index in [2.05, 4.69) is 5.32 Å². The molecule has 4 amide bonds. The fraction of sp³-hybridized carbons (Fsp3) is 0.714. The topological polar surface area (TPSA) is 86.8 Å². The minimum Gasteiger partial charge on any atom is -0.352 e. The molecule has 0 radical (unpaired) electrons. The van der Waals surface area contributed by atoms with Crippen LogP contribution in [0.15, 0.2) is 0 Å². The summed E-state index contributed by atoms with van der Waals surface area (Å²) in [6, 6.07) is -0.0430. The van der Waals surface area contributed by atoms with Crippen molar-refractivity contribution in [3.8, 4) is 0 Å². The third-order valence-electron chi connectivity index (χ3n) is 4.43. The summed E-state index contributed by atoms with van der Waals surface area (Å²) in [5, 5.41) is 2.81. The third-order valence-corrected chi connectivity index (χ3v) is 4.43. The lowest BCUT2D eigenvalue weighted by Gasteiger charge is -2.33. The lowest BCUT2D eigenvalue weighted by atomic mass is 10.1. The largest absolute Gasteiger partial charge is 0.352 e. The molecule has 0 aromatic carbocycles. The molecule has 2 heterocycles. The number of hydrogen-bond acceptors (Lipinski definition) is 4. The highest BCUT2D eigenvalue weighted by Gasteiger charge is 2.59. The first-order valence-corrected chi connectivity index (χ1v) is 7.37. The standard InChI is InChI=1S/C14H19N3O4/c1-8(18)15-9-3-2-4-16(6-9)12(19)7-17-13(20)10-5-11(10)14(17)21/h9-11H,2-7H2,1H3,(H,15,18). The summed E-state index contributed by atoms with van der Waals surface area (Å²) >= 11 is 0. The van der Waals surface area contributed by atoms with Crippen LogP contribution in [0.5, 0.6) is 0 Å². The number of piperidine rings is 2. The summed E-state index contributed by atoms with van der Waals surface area (Å²) < 4.78 is 0. The van der Waals surface area contributed by atoms with Crippen molar-refractivity contribution in [1.29, 1.82) is 0 Å². The number of imide groups is 1. The summed E-state index contributed by atoms with van der Waals surface area (Å²) in [7, 11) is 0. The van der Waals surface area contributed by atoms with Crippen molar-refractivity contribution in [2.45, 2.75) is 32.2 Å². The molecule has 0 aromatic rings. The predicted molar refractivity (Wildman–Crippen MR) is 71.7 cm³/mol. The van der Waals surface area contributed by atoms with Gasteiger partial charge in [0.2, 0.25) is 23.6 Å². The first-order valence-electron chi connectivity index (χ1n) is 7.37. The molecule has 0 aromatic heterocycles. The van der Waals surface area contributed by atoms with E-state index < -0.39 is 0 Å². The Morgan fingerprint density at radius 2 is 1.90 bits per heavy atom. The molecule has 3 fully saturated rings. The highest BCUT2D eigenvalue weighted by atomic mass is 16.2. The second-order valence-electron chi connectivity index (χ2n) is 6.09. The van der Waals surface area contributed by atoms with E-state index in [0.29, 0.717) is 19.5 Å². The first-order chi connectivity index (χ1) is 9.97. The van der Waals surface area contributed by atoms with Crippen LogP contribution < -0.4 is 5.32 Å². The zero-order chi connectivity index (χ0) is 15.1. The molecule has 1 N–H and O–H groups in total. The van der Waals surface area contributed by atoms with Crippen molar-refractivity contribution in [1.82, 2.24) is 15.1 Å². The van der Waals surface area contributed by atoms with E-state index in [-0.39, 0.29) is 48.1 Å². The van der Waals surface area contributed by atoms with Crippen LogP contribution in [0.25, 0.3) is 0 Å². The van der Waals surface area contributed by atoms with Gasteiger partial charge >= 0.3 is 0 Å². The number of hydrogen-bond donors (Lipinski definition) is 1. The van der Waals surface area contributed by atoms with E-state index >= 15 is 0 Å². The van der Waals surface area contributed by atoms with Gasteiger partial charge in [-0.1, -0.05) is 0 Å². The summed E-state index contributed by atoms with van der Waals surface area (Å²) in [5.74, 6) is -1.06. The Bertz CT molecular complexity index is 498. The molecule has 3 rings (SSSR count). The molecule has 2 saturated heterocycles. The van der Waals surface area contributed by atoms with Gasteiger partial charge in [0.05, 0.1) is 11.8 Å². The highest BCUT2D eigenvalue weighted by Crippen LogP contribution is 2.46. The minimum absolute atomic E-state index is 0.0430. The Hall–Kier alpha value is -1.92. The van der Waals surface area contributed by atoms with E-state index in [9.17, 15) is 19.2 Å². The van der Waals surface area contributed by atoms with E-state index in [0.717, 1.165) is 17.7 Å². The van der Waals surface area contributed by atoms with Crippen LogP contribution in [-0.2, 0) is 19.2 Å². The van der Waals surface area contributed by atoms with Gasteiger partial charge in [0, 0.05) is 26.1 Å². The zero-order valence-corrected chi connectivity index (χ0v) is 12.0. The van der Waals surface area contributed by atoms with Crippen LogP contribution in [0.3, 0.4) is 0 Å². The van der Waals surface area contributed by atoms with Crippen LogP contribution >= 0.6 is 0 Å². The molecular formula is C14H19N3O4. The number of amides is 4. The number of likely N-dealkylation sites (tertiary alicyclic amines) is 2. The molecule has 0 spiro atoms. The zero-order valence-electron chi connectivity index (χ0n) is 12.0. The van der Waals surface area contributed by atoms with Crippen molar-refractivity contribution in [3.05, 3.63) is 0 Å². The maximum absolute atomic E-state index is 12.3. The Balaban J connectivity index is 1.56. The quantitative estimate of drug-likeness (QED) is 0.685. The Labute approximate surface area is 122 Å². The molecule has 21 heavy (non-hydrogen) atoms. The SMILES string of the molecule is CC(=O)NC1CCCN(C(=O)CN2C(=O)C3CC3C2=O)C1. The number of nitrogens with zero attached hydrogens (tertiary/aromatic N) is 2. The highest BCUT2D eigenvalue weighted by molar-refractivity contribution is 6.10. The molecule has 1 aliphatic carbocycles. The lowest BCUT2D eigenvalue weighted by Crippen LogP contribution is -2.52. The second-order valence-corrected chi connectivity index (χ2v) is 6.09. The van der Waals surface area contributed by atoms with Crippen LogP contribution in [0, 0.1) is 11.8 Å². The average molecular weight is 293 g/mol. The number of carbonyl (C=O) groups excluding carboxylic acids is 4. The van der Waals surface area contributed by atoms with Crippen molar-refractivity contribution in [2.75, 3.05) is 19.6 Å². The van der Waals surface area contributed by atoms with Gasteiger partial charge in [-0.05, 0) is 19.3 Å². The Morgan fingerprint density at radius 3 is 2.52 bits per heavy atom. The fourth-order valence-corrected chi connectivity index (χ4v) is 3.25. The first kappa shape index (κ1) is 14.0. The average Bonchev–Trinajstić information content (AvgIpc) is 3.18. The minimum atomic E-state index is -0.215. The van der Waals surface area contributed by atoms with Crippen LogP contribution in [0.2, 0.25) is 0 Å². The number of nitrogens with one attached hydrogen (secondary N) is 1. The number of carbonyl (C=O) groups is 4. The molecule has 3 unspecified atom stereocenters. The van der Waals surface area contributed by atoms with Gasteiger partial charge in [0.1, 0.15) is 6.54 Å². The molecule has 0 bridgehead atoms. The normalized spacial score (nSPS) is 31.2. The molecule has 7 heteroatoms. The van der Waals surface area contributed by atoms with Gasteiger partial charge in [-0.15, -0.1) is 0 Å². The maximum atomic E-state index is 12.3. The molecule has 3 aliphatic rings. The molecule has 7 nitrogen and oxygen atoms in total.